The van der Waals surface area contributed by atoms with E-state index in [0.717, 1.165) is 33.1 Å². The normalized spacial score (nSPS) is 11.1. The Morgan fingerprint density at radius 1 is 1.35 bits per heavy atom. The van der Waals surface area contributed by atoms with E-state index >= 15 is 0 Å². The summed E-state index contributed by atoms with van der Waals surface area (Å²) in [5, 5.41) is 5.22. The fourth-order valence-corrected chi connectivity index (χ4v) is 4.26. The van der Waals surface area contributed by atoms with Crippen LogP contribution in [0.3, 0.4) is 0 Å². The molecule has 0 amide bonds. The Balaban J connectivity index is 2.12. The van der Waals surface area contributed by atoms with Crippen LogP contribution in [0.25, 0.3) is 20.7 Å². The van der Waals surface area contributed by atoms with Crippen LogP contribution < -0.4 is 11.3 Å². The zero-order valence-corrected chi connectivity index (χ0v) is 13.4. The summed E-state index contributed by atoms with van der Waals surface area (Å²) in [6.45, 7) is 2.13. The van der Waals surface area contributed by atoms with Gasteiger partial charge in [-0.2, -0.15) is 11.8 Å². The first-order chi connectivity index (χ1) is 9.83. The number of nitrogen functional groups attached to an aromatic ring is 1. The third-order valence-corrected chi connectivity index (χ3v) is 5.48. The number of nitrogens with zero attached hydrogens (tertiary/aromatic N) is 2. The molecule has 0 aliphatic carbocycles. The molecule has 0 aliphatic rings. The van der Waals surface area contributed by atoms with Crippen LogP contribution in [0.15, 0.2) is 22.9 Å². The Hall–Kier alpha value is -1.15. The molecule has 0 spiro atoms. The fourth-order valence-electron chi connectivity index (χ4n) is 1.96. The van der Waals surface area contributed by atoms with Gasteiger partial charge in [0.2, 0.25) is 0 Å². The van der Waals surface area contributed by atoms with Gasteiger partial charge in [-0.3, -0.25) is 0 Å². The van der Waals surface area contributed by atoms with E-state index in [-0.39, 0.29) is 0 Å². The first-order valence-electron chi connectivity index (χ1n) is 6.19. The van der Waals surface area contributed by atoms with E-state index in [2.05, 4.69) is 39.1 Å². The predicted octanol–water partition coefficient (Wildman–Crippen LogP) is 3.96. The monoisotopic (exact) mass is 322 g/mol. The Labute approximate surface area is 129 Å². The van der Waals surface area contributed by atoms with Crippen molar-refractivity contribution in [1.29, 1.82) is 0 Å². The van der Waals surface area contributed by atoms with E-state index in [1.807, 2.05) is 6.07 Å². The molecule has 3 aromatic heterocycles. The summed E-state index contributed by atoms with van der Waals surface area (Å²) in [5.41, 5.74) is 3.88. The molecule has 0 fully saturated rings. The molecule has 0 aliphatic heterocycles. The molecule has 0 bridgehead atoms. The molecule has 4 nitrogen and oxygen atoms in total. The molecule has 3 rings (SSSR count). The van der Waals surface area contributed by atoms with Gasteiger partial charge in [-0.25, -0.2) is 15.8 Å². The predicted molar refractivity (Wildman–Crippen MR) is 90.4 cm³/mol. The van der Waals surface area contributed by atoms with Crippen LogP contribution in [-0.4, -0.2) is 15.7 Å². The van der Waals surface area contributed by atoms with Crippen LogP contribution in [0.1, 0.15) is 12.7 Å². The Morgan fingerprint density at radius 2 is 2.25 bits per heavy atom. The molecule has 0 atom stereocenters. The maximum absolute atomic E-state index is 5.66. The highest BCUT2D eigenvalue weighted by molar-refractivity contribution is 7.98. The maximum atomic E-state index is 5.66. The molecule has 3 aromatic rings. The number of hydrazine groups is 1. The van der Waals surface area contributed by atoms with Gasteiger partial charge < -0.3 is 5.43 Å². The maximum Gasteiger partial charge on any atom is 0.153 e. The molecular formula is C13H14N4S3. The first kappa shape index (κ1) is 13.8. The molecule has 0 unspecified atom stereocenters. The summed E-state index contributed by atoms with van der Waals surface area (Å²) < 4.78 is 0. The summed E-state index contributed by atoms with van der Waals surface area (Å²) in [6, 6.07) is 4.15. The second-order valence-corrected chi connectivity index (χ2v) is 7.16. The van der Waals surface area contributed by atoms with Crippen molar-refractivity contribution in [2.24, 2.45) is 5.84 Å². The van der Waals surface area contributed by atoms with Gasteiger partial charge in [0.25, 0.3) is 0 Å². The number of rotatable bonds is 5. The minimum Gasteiger partial charge on any atom is -0.308 e. The van der Waals surface area contributed by atoms with Crippen LogP contribution in [0.4, 0.5) is 5.82 Å². The molecule has 104 valence electrons. The number of fused-ring (bicyclic) bond motifs is 1. The van der Waals surface area contributed by atoms with Gasteiger partial charge >= 0.3 is 0 Å². The largest absolute Gasteiger partial charge is 0.308 e. The lowest BCUT2D eigenvalue weighted by atomic mass is 10.2. The third-order valence-electron chi connectivity index (χ3n) is 2.84. The van der Waals surface area contributed by atoms with Gasteiger partial charge in [0.05, 0.1) is 11.1 Å². The average Bonchev–Trinajstić information content (AvgIpc) is 3.12. The van der Waals surface area contributed by atoms with Gasteiger partial charge in [-0.05, 0) is 17.2 Å². The van der Waals surface area contributed by atoms with E-state index in [1.165, 1.54) is 4.88 Å². The number of hydrogen-bond acceptors (Lipinski definition) is 7. The highest BCUT2D eigenvalue weighted by atomic mass is 32.2. The standard InChI is InChI=1S/C13H14N4S3/c1-2-18-7-10-15-12(17-14)11-8(6-20-13(11)16-10)9-4-3-5-19-9/h3-6H,2,7,14H2,1H3,(H,15,16,17). The van der Waals surface area contributed by atoms with Crippen LogP contribution in [0.2, 0.25) is 0 Å². The highest BCUT2D eigenvalue weighted by Crippen LogP contribution is 2.38. The zero-order chi connectivity index (χ0) is 13.9. The number of anilines is 1. The second kappa shape index (κ2) is 6.09. The van der Waals surface area contributed by atoms with Gasteiger partial charge in [0.15, 0.2) is 5.82 Å². The van der Waals surface area contributed by atoms with Crippen LogP contribution in [0.5, 0.6) is 0 Å². The Morgan fingerprint density at radius 3 is 2.95 bits per heavy atom. The van der Waals surface area contributed by atoms with Crippen LogP contribution in [-0.2, 0) is 5.75 Å². The SMILES string of the molecule is CCSCc1nc(NN)c2c(-c3cccs3)csc2n1. The average molecular weight is 322 g/mol. The number of hydrogen-bond donors (Lipinski definition) is 2. The molecule has 0 radical (unpaired) electrons. The molecule has 7 heteroatoms. The Bertz CT molecular complexity index is 706. The van der Waals surface area contributed by atoms with Gasteiger partial charge in [0.1, 0.15) is 10.7 Å². The molecule has 3 heterocycles. The molecule has 3 N–H and O–H groups in total. The lowest BCUT2D eigenvalue weighted by Gasteiger charge is -2.06. The zero-order valence-electron chi connectivity index (χ0n) is 10.9. The van der Waals surface area contributed by atoms with E-state index in [0.29, 0.717) is 5.82 Å². The van der Waals surface area contributed by atoms with Crippen molar-refractivity contribution < 1.29 is 0 Å². The summed E-state index contributed by atoms with van der Waals surface area (Å²) in [6.07, 6.45) is 0. The molecule has 0 aromatic carbocycles. The number of aromatic nitrogens is 2. The second-order valence-electron chi connectivity index (χ2n) is 4.08. The van der Waals surface area contributed by atoms with Crippen molar-refractivity contribution in [2.75, 3.05) is 11.2 Å². The molecule has 20 heavy (non-hydrogen) atoms. The van der Waals surface area contributed by atoms with Crippen LogP contribution >= 0.6 is 34.4 Å². The number of thioether (sulfide) groups is 1. The van der Waals surface area contributed by atoms with Gasteiger partial charge in [0, 0.05) is 15.8 Å². The highest BCUT2D eigenvalue weighted by Gasteiger charge is 2.15. The molecule has 0 saturated carbocycles. The topological polar surface area (TPSA) is 63.8 Å². The van der Waals surface area contributed by atoms with E-state index < -0.39 is 0 Å². The first-order valence-corrected chi connectivity index (χ1v) is 9.11. The van der Waals surface area contributed by atoms with E-state index in [9.17, 15) is 0 Å². The van der Waals surface area contributed by atoms with Crippen molar-refractivity contribution in [3.05, 3.63) is 28.7 Å². The van der Waals surface area contributed by atoms with Crippen LogP contribution in [0, 0.1) is 0 Å². The Kier molecular flexibility index (Phi) is 4.21. The fraction of sp³-hybridized carbons (Fsp3) is 0.231. The summed E-state index contributed by atoms with van der Waals surface area (Å²) >= 11 is 5.16. The van der Waals surface area contributed by atoms with E-state index in [4.69, 9.17) is 5.84 Å². The van der Waals surface area contributed by atoms with Crippen molar-refractivity contribution in [1.82, 2.24) is 9.97 Å². The van der Waals surface area contributed by atoms with Gasteiger partial charge in [-0.15, -0.1) is 22.7 Å². The number of nitrogens with one attached hydrogen (secondary N) is 1. The summed E-state index contributed by atoms with van der Waals surface area (Å²) in [4.78, 5) is 11.4. The van der Waals surface area contributed by atoms with Crippen molar-refractivity contribution in [3.8, 4) is 10.4 Å². The quantitative estimate of drug-likeness (QED) is 0.550. The lowest BCUT2D eigenvalue weighted by Crippen LogP contribution is -2.10. The minimum atomic E-state index is 0.714. The van der Waals surface area contributed by atoms with E-state index in [1.54, 1.807) is 34.4 Å². The van der Waals surface area contributed by atoms with Gasteiger partial charge in [-0.1, -0.05) is 13.0 Å². The smallest absolute Gasteiger partial charge is 0.153 e. The number of nitrogens with two attached hydrogens (primary N) is 1. The lowest BCUT2D eigenvalue weighted by molar-refractivity contribution is 1.06. The summed E-state index contributed by atoms with van der Waals surface area (Å²) in [5.74, 6) is 9.07. The van der Waals surface area contributed by atoms with Crippen molar-refractivity contribution in [2.45, 2.75) is 12.7 Å². The van der Waals surface area contributed by atoms with Crippen molar-refractivity contribution in [3.63, 3.8) is 0 Å². The summed E-state index contributed by atoms with van der Waals surface area (Å²) in [7, 11) is 0. The van der Waals surface area contributed by atoms with Crippen molar-refractivity contribution >= 4 is 50.5 Å². The molecular weight excluding hydrogens is 308 g/mol. The minimum absolute atomic E-state index is 0.714. The molecule has 0 saturated heterocycles. The third kappa shape index (κ3) is 2.54. The number of thiophene rings is 2.